The molecule has 0 unspecified atom stereocenters. The predicted octanol–water partition coefficient (Wildman–Crippen LogP) is 6.07. The first-order chi connectivity index (χ1) is 41.3. The average molecular weight is 1220 g/mol. The van der Waals surface area contributed by atoms with Crippen molar-refractivity contribution >= 4 is 70.7 Å². The van der Waals surface area contributed by atoms with Crippen LogP contribution >= 0.6 is 0 Å². The van der Waals surface area contributed by atoms with Gasteiger partial charge in [-0.15, -0.1) is 0 Å². The van der Waals surface area contributed by atoms with Gasteiger partial charge in [0.25, 0.3) is 23.6 Å². The Hall–Kier alpha value is -8.44. The van der Waals surface area contributed by atoms with Gasteiger partial charge < -0.3 is 49.2 Å². The van der Waals surface area contributed by atoms with E-state index in [1.54, 1.807) is 64.2 Å². The lowest BCUT2D eigenvalue weighted by molar-refractivity contribution is -0.176. The third-order valence-electron chi connectivity index (χ3n) is 14.9. The van der Waals surface area contributed by atoms with Gasteiger partial charge in [0.1, 0.15) is 24.2 Å². The zero-order chi connectivity index (χ0) is 65.4. The molecule has 5 rings (SSSR count). The Morgan fingerprint density at radius 3 is 1.14 bits per heavy atom. The molecule has 1 saturated heterocycles. The Morgan fingerprint density at radius 2 is 0.773 bits per heavy atom. The second kappa shape index (κ2) is 32.0. The van der Waals surface area contributed by atoms with E-state index in [1.165, 1.54) is 68.3 Å². The first-order valence-electron chi connectivity index (χ1n) is 30.0. The fraction of sp³-hybridized carbons (Fsp3) is 0.562. The molecule has 88 heavy (non-hydrogen) atoms. The van der Waals surface area contributed by atoms with Crippen LogP contribution < -0.4 is 10.6 Å². The van der Waals surface area contributed by atoms with E-state index in [9.17, 15) is 38.4 Å². The first-order valence-corrected chi connectivity index (χ1v) is 30.0. The number of amides is 6. The molecule has 2 aromatic carbocycles. The lowest BCUT2D eigenvalue weighted by Crippen LogP contribution is -2.55. The number of carbonyl (C=O) groups is 10. The highest BCUT2D eigenvalue weighted by Crippen LogP contribution is 2.25. The quantitative estimate of drug-likeness (QED) is 0.0844. The van der Waals surface area contributed by atoms with Gasteiger partial charge in [-0.05, 0) is 85.5 Å². The predicted molar refractivity (Wildman–Crippen MR) is 326 cm³/mol. The number of nitrogens with one attached hydrogen (secondary N) is 2. The molecule has 1 aliphatic heterocycles. The van der Waals surface area contributed by atoms with Crippen molar-refractivity contribution in [1.29, 1.82) is 0 Å². The largest absolute Gasteiger partial charge is 0.451 e. The molecule has 480 valence electrons. The lowest BCUT2D eigenvalue weighted by atomic mass is 9.99. The van der Waals surface area contributed by atoms with Crippen molar-refractivity contribution in [3.8, 4) is 0 Å². The summed E-state index contributed by atoms with van der Waals surface area (Å²) in [5.74, 6) is -8.42. The number of benzene rings is 2. The summed E-state index contributed by atoms with van der Waals surface area (Å²) in [6.07, 6.45) is -0.115. The molecule has 2 N–H and O–H groups in total. The van der Waals surface area contributed by atoms with Crippen molar-refractivity contribution in [3.63, 3.8) is 0 Å². The van der Waals surface area contributed by atoms with Crippen molar-refractivity contribution in [1.82, 2.24) is 39.2 Å². The van der Waals surface area contributed by atoms with Gasteiger partial charge in [-0.25, -0.2) is 19.2 Å². The van der Waals surface area contributed by atoms with Crippen molar-refractivity contribution in [2.75, 3.05) is 38.8 Å². The van der Waals surface area contributed by atoms with Crippen LogP contribution in [0.1, 0.15) is 131 Å². The SMILES string of the molecule is CC(=O)Nc1cnn(Cc2ccc(C[C@H]3OC(=O)[C@H](CC(C)C)N(C)C(=O)[C@@H](C)OC(=O)[C@H](CC(C)C)N(C)C(=O)[C@@H](Cc4cccc(Cn5cc(NC(C)=O)cn5)c4)OC(=O)[C@H](CC(C)C)N(C)C(=O)[C@@H](C)OC(=O)[C@H](CC(C)C)N(C)C3=O)cc2)c1. The van der Waals surface area contributed by atoms with Gasteiger partial charge in [0.15, 0.2) is 24.4 Å². The highest BCUT2D eigenvalue weighted by Gasteiger charge is 2.43. The second-order valence-corrected chi connectivity index (χ2v) is 24.6. The van der Waals surface area contributed by atoms with E-state index in [1.807, 2.05) is 61.5 Å². The number of carbonyl (C=O) groups excluding carboxylic acids is 10. The van der Waals surface area contributed by atoms with Crippen LogP contribution in [-0.2, 0) is 92.8 Å². The zero-order valence-electron chi connectivity index (χ0n) is 53.8. The summed E-state index contributed by atoms with van der Waals surface area (Å²) in [6, 6.07) is 8.89. The smallest absolute Gasteiger partial charge is 0.329 e. The van der Waals surface area contributed by atoms with E-state index >= 15 is 9.59 Å². The highest BCUT2D eigenvalue weighted by molar-refractivity contribution is 5.95. The summed E-state index contributed by atoms with van der Waals surface area (Å²) in [5, 5.41) is 14.0. The molecule has 2 aromatic heterocycles. The first kappa shape index (κ1) is 70.3. The van der Waals surface area contributed by atoms with E-state index in [0.717, 1.165) is 30.7 Å². The number of hydrogen-bond acceptors (Lipinski definition) is 16. The Kier molecular flexibility index (Phi) is 25.6. The van der Waals surface area contributed by atoms with Gasteiger partial charge >= 0.3 is 23.9 Å². The fourth-order valence-electron chi connectivity index (χ4n) is 10.4. The van der Waals surface area contributed by atoms with Gasteiger partial charge in [0, 0.05) is 67.3 Å². The highest BCUT2D eigenvalue weighted by atomic mass is 16.6. The maximum atomic E-state index is 15.1. The summed E-state index contributed by atoms with van der Waals surface area (Å²) in [7, 11) is 5.46. The van der Waals surface area contributed by atoms with E-state index in [0.29, 0.717) is 29.0 Å². The topological polar surface area (TPSA) is 280 Å². The molecular weight excluding hydrogens is 1130 g/mol. The number of nitrogens with zero attached hydrogens (tertiary/aromatic N) is 8. The zero-order valence-corrected chi connectivity index (χ0v) is 53.8. The molecule has 0 aliphatic carbocycles. The van der Waals surface area contributed by atoms with Crippen LogP contribution in [0.2, 0.25) is 0 Å². The monoisotopic (exact) mass is 1220 g/mol. The van der Waals surface area contributed by atoms with Crippen LogP contribution in [0.4, 0.5) is 11.4 Å². The number of cyclic esters (lactones) is 4. The Bertz CT molecular complexity index is 3080. The minimum atomic E-state index is -1.61. The average Bonchev–Trinajstić information content (AvgIpc) is 4.17. The Labute approximate surface area is 516 Å². The number of likely N-dealkylation sites (N-methyl/N-ethyl adjacent to an activating group) is 4. The molecule has 0 radical (unpaired) electrons. The molecule has 1 aliphatic rings. The molecule has 8 atom stereocenters. The van der Waals surface area contributed by atoms with Gasteiger partial charge in [0.2, 0.25) is 11.8 Å². The number of hydrogen-bond donors (Lipinski definition) is 2. The van der Waals surface area contributed by atoms with Crippen molar-refractivity contribution < 1.29 is 66.9 Å². The van der Waals surface area contributed by atoms with Crippen molar-refractivity contribution in [2.24, 2.45) is 23.7 Å². The molecule has 24 nitrogen and oxygen atoms in total. The molecule has 0 bridgehead atoms. The van der Waals surface area contributed by atoms with Crippen LogP contribution in [0.3, 0.4) is 0 Å². The summed E-state index contributed by atoms with van der Waals surface area (Å²) in [4.78, 5) is 146. The molecule has 6 amide bonds. The normalized spacial score (nSPS) is 22.0. The number of esters is 4. The summed E-state index contributed by atoms with van der Waals surface area (Å²) >= 11 is 0. The number of aromatic nitrogens is 4. The van der Waals surface area contributed by atoms with Gasteiger partial charge in [-0.2, -0.15) is 10.2 Å². The molecule has 3 heterocycles. The third-order valence-corrected chi connectivity index (χ3v) is 14.9. The van der Waals surface area contributed by atoms with Crippen LogP contribution in [0.15, 0.2) is 73.3 Å². The standard InChI is InChI=1S/C64H90N10O14/c1-37(2)24-51-61(81)85-42(10)58(78)70(14)54(27-40(7)8)64(84)88-56(30-47-18-17-19-48(28-47)34-74-36-50(32-66-74)68-44(12)76)60(80)72(16)52(25-38(3)4)62(82)86-41(9)57(77)69(13)53(26-39(5)6)63(83)87-55(59(79)71(51)15)29-45-20-22-46(23-21-45)33-73-35-49(31-65-73)67-43(11)75/h17-23,28,31-32,35-42,51-56H,24-27,29-30,33-34H2,1-16H3,(H,67,75)(H,68,76)/t41-,42-,51+,52+,53+,54+,55-,56-/m1/s1. The minimum absolute atomic E-state index is 0.0418. The molecule has 4 aromatic rings. The number of rotatable bonds is 18. The van der Waals surface area contributed by atoms with E-state index < -0.39 is 96.1 Å². The summed E-state index contributed by atoms with van der Waals surface area (Å²) < 4.78 is 27.5. The second-order valence-electron chi connectivity index (χ2n) is 24.6. The third kappa shape index (κ3) is 20.3. The molecular formula is C64H90N10O14. The number of anilines is 2. The van der Waals surface area contributed by atoms with Crippen LogP contribution in [0, 0.1) is 23.7 Å². The molecule has 24 heteroatoms. The van der Waals surface area contributed by atoms with Gasteiger partial charge in [0.05, 0.1) is 36.9 Å². The van der Waals surface area contributed by atoms with Crippen LogP contribution in [0.5, 0.6) is 0 Å². The van der Waals surface area contributed by atoms with E-state index in [-0.39, 0.29) is 80.6 Å². The fourth-order valence-corrected chi connectivity index (χ4v) is 10.4. The molecule has 0 spiro atoms. The molecule has 0 saturated carbocycles. The van der Waals surface area contributed by atoms with E-state index in [2.05, 4.69) is 20.8 Å². The minimum Gasteiger partial charge on any atom is -0.451 e. The lowest BCUT2D eigenvalue weighted by Gasteiger charge is -2.35. The van der Waals surface area contributed by atoms with Crippen molar-refractivity contribution in [3.05, 3.63) is 95.6 Å². The Balaban J connectivity index is 1.59. The summed E-state index contributed by atoms with van der Waals surface area (Å²) in [5.41, 5.74) is 3.66. The van der Waals surface area contributed by atoms with Crippen LogP contribution in [-0.4, -0.2) is 175 Å². The summed E-state index contributed by atoms with van der Waals surface area (Å²) in [6.45, 7) is 20.7. The van der Waals surface area contributed by atoms with Gasteiger partial charge in [-0.1, -0.05) is 104 Å². The maximum absolute atomic E-state index is 15.1. The maximum Gasteiger partial charge on any atom is 0.329 e. The molecule has 1 fully saturated rings. The van der Waals surface area contributed by atoms with Crippen molar-refractivity contribution in [2.45, 2.75) is 183 Å². The number of ether oxygens (including phenoxy) is 4. The van der Waals surface area contributed by atoms with Crippen LogP contribution in [0.25, 0.3) is 0 Å². The van der Waals surface area contributed by atoms with E-state index in [4.69, 9.17) is 18.9 Å². The van der Waals surface area contributed by atoms with Gasteiger partial charge in [-0.3, -0.25) is 38.1 Å². The Morgan fingerprint density at radius 1 is 0.455 bits per heavy atom.